The second-order valence-electron chi connectivity index (χ2n) is 9.23. The van der Waals surface area contributed by atoms with Crippen molar-refractivity contribution in [1.29, 1.82) is 0 Å². The van der Waals surface area contributed by atoms with Gasteiger partial charge in [0, 0.05) is 24.6 Å². The lowest BCUT2D eigenvalue weighted by atomic mass is 9.93. The van der Waals surface area contributed by atoms with Gasteiger partial charge in [-0.2, -0.15) is 18.3 Å². The van der Waals surface area contributed by atoms with Crippen molar-refractivity contribution >= 4 is 23.3 Å². The number of aromatic nitrogens is 1. The molecule has 1 aliphatic rings. The zero-order chi connectivity index (χ0) is 25.8. The van der Waals surface area contributed by atoms with Crippen molar-refractivity contribution < 1.29 is 27.5 Å². The van der Waals surface area contributed by atoms with Crippen molar-refractivity contribution in [3.8, 4) is 16.9 Å². The molecule has 4 N–H and O–H groups in total. The Morgan fingerprint density at radius 2 is 1.91 bits per heavy atom. The van der Waals surface area contributed by atoms with Gasteiger partial charge in [-0.05, 0) is 54.7 Å². The maximum atomic E-state index is 13.8. The van der Waals surface area contributed by atoms with Gasteiger partial charge in [0.15, 0.2) is 0 Å². The van der Waals surface area contributed by atoms with E-state index in [0.29, 0.717) is 12.0 Å². The van der Waals surface area contributed by atoms with E-state index in [1.54, 1.807) is 6.92 Å². The van der Waals surface area contributed by atoms with Crippen LogP contribution in [0, 0.1) is 5.92 Å². The number of nitrogens with two attached hydrogens (primary N) is 1. The summed E-state index contributed by atoms with van der Waals surface area (Å²) >= 11 is 0. The molecular weight excluding hydrogens is 463 g/mol. The number of hydrazone groups is 1. The van der Waals surface area contributed by atoms with Crippen LogP contribution >= 0.6 is 0 Å². The number of amides is 2. The predicted octanol–water partition coefficient (Wildman–Crippen LogP) is 4.11. The Morgan fingerprint density at radius 3 is 2.54 bits per heavy atom. The quantitative estimate of drug-likeness (QED) is 0.514. The maximum absolute atomic E-state index is 13.8. The molecule has 1 aromatic carbocycles. The molecule has 1 aliphatic heterocycles. The Morgan fingerprint density at radius 1 is 1.20 bits per heavy atom. The molecule has 0 radical (unpaired) electrons. The Balaban J connectivity index is 1.82. The molecule has 11 heteroatoms. The van der Waals surface area contributed by atoms with Gasteiger partial charge >= 0.3 is 6.18 Å². The zero-order valence-electron chi connectivity index (χ0n) is 19.7. The lowest BCUT2D eigenvalue weighted by molar-refractivity contribution is -0.139. The molecule has 0 unspecified atom stereocenters. The number of hydrogen-bond donors (Lipinski definition) is 3. The fourth-order valence-corrected chi connectivity index (χ4v) is 3.80. The fraction of sp³-hybridized carbons (Fsp3) is 0.417. The molecule has 0 spiro atoms. The third-order valence-corrected chi connectivity index (χ3v) is 5.22. The highest BCUT2D eigenvalue weighted by Crippen LogP contribution is 2.39. The van der Waals surface area contributed by atoms with Gasteiger partial charge in [0.25, 0.3) is 5.91 Å². The number of carbonyl (C=O) groups excluding carboxylic acids is 2. The van der Waals surface area contributed by atoms with Crippen molar-refractivity contribution in [2.24, 2.45) is 16.8 Å². The largest absolute Gasteiger partial charge is 0.491 e. The molecule has 1 aromatic heterocycles. The average molecular weight is 492 g/mol. The van der Waals surface area contributed by atoms with E-state index in [2.05, 4.69) is 20.8 Å². The highest BCUT2D eigenvalue weighted by atomic mass is 19.4. The molecule has 0 fully saturated rings. The highest BCUT2D eigenvalue weighted by molar-refractivity contribution is 6.43. The molecule has 1 atom stereocenters. The molecule has 0 aliphatic carbocycles. The first-order valence-corrected chi connectivity index (χ1v) is 11.1. The van der Waals surface area contributed by atoms with E-state index >= 15 is 0 Å². The number of nitrogens with one attached hydrogen (secondary N) is 2. The lowest BCUT2D eigenvalue weighted by Gasteiger charge is -2.27. The first-order valence-electron chi connectivity index (χ1n) is 11.1. The number of carbonyl (C=O) groups is 2. The smallest absolute Gasteiger partial charge is 0.419 e. The van der Waals surface area contributed by atoms with E-state index < -0.39 is 23.2 Å². The maximum Gasteiger partial charge on any atom is 0.419 e. The van der Waals surface area contributed by atoms with E-state index in [9.17, 15) is 22.8 Å². The van der Waals surface area contributed by atoms with Gasteiger partial charge in [0.2, 0.25) is 5.91 Å². The molecule has 8 nitrogen and oxygen atoms in total. The van der Waals surface area contributed by atoms with Crippen LogP contribution in [0.2, 0.25) is 0 Å². The lowest BCUT2D eigenvalue weighted by Crippen LogP contribution is -2.43. The molecule has 2 heterocycles. The molecule has 0 bridgehead atoms. The fourth-order valence-electron chi connectivity index (χ4n) is 3.80. The molecule has 188 valence electrons. The molecule has 35 heavy (non-hydrogen) atoms. The third-order valence-electron chi connectivity index (χ3n) is 5.22. The summed E-state index contributed by atoms with van der Waals surface area (Å²) < 4.78 is 47.0. The van der Waals surface area contributed by atoms with Crippen molar-refractivity contribution in [3.63, 3.8) is 0 Å². The summed E-state index contributed by atoms with van der Waals surface area (Å²) in [5.41, 5.74) is 7.52. The zero-order valence-corrected chi connectivity index (χ0v) is 19.7. The number of hydrogen-bond acceptors (Lipinski definition) is 6. The minimum absolute atomic E-state index is 0.0661. The monoisotopic (exact) mass is 491 g/mol. The Labute approximate surface area is 201 Å². The first kappa shape index (κ1) is 26.1. The Kier molecular flexibility index (Phi) is 7.79. The van der Waals surface area contributed by atoms with Crippen LogP contribution < -0.4 is 21.2 Å². The van der Waals surface area contributed by atoms with Gasteiger partial charge in [0.05, 0.1) is 5.56 Å². The van der Waals surface area contributed by atoms with E-state index in [1.165, 1.54) is 30.5 Å². The molecule has 2 aromatic rings. The standard InChI is InChI=1S/C24H28F3N5O3/c1-14(2)12-23(3,28)13-35-19-6-4-15(10-17(19)24(25,26)27)16-8-9-29-20(11-16)30-22(34)18-5-7-21(33)32-31-18/h4,6,8-11,14H,5,7,12-13,28H2,1-3H3,(H,32,33)(H,29,30,34)/t23-/m0/s1. The van der Waals surface area contributed by atoms with Gasteiger partial charge < -0.3 is 15.8 Å². The minimum Gasteiger partial charge on any atom is -0.491 e. The summed E-state index contributed by atoms with van der Waals surface area (Å²) in [6.45, 7) is 5.64. The van der Waals surface area contributed by atoms with Gasteiger partial charge in [0.1, 0.15) is 23.9 Å². The second-order valence-corrected chi connectivity index (χ2v) is 9.23. The van der Waals surface area contributed by atoms with Crippen molar-refractivity contribution in [2.45, 2.75) is 51.7 Å². The van der Waals surface area contributed by atoms with Crippen LogP contribution in [-0.2, 0) is 15.8 Å². The third kappa shape index (κ3) is 7.25. The van der Waals surface area contributed by atoms with Gasteiger partial charge in [-0.25, -0.2) is 10.4 Å². The van der Waals surface area contributed by atoms with Crippen molar-refractivity contribution in [2.75, 3.05) is 11.9 Å². The van der Waals surface area contributed by atoms with Crippen molar-refractivity contribution in [1.82, 2.24) is 10.4 Å². The van der Waals surface area contributed by atoms with E-state index in [1.807, 2.05) is 13.8 Å². The summed E-state index contributed by atoms with van der Waals surface area (Å²) in [5, 5.41) is 6.27. The molecule has 0 saturated heterocycles. The normalized spacial score (nSPS) is 15.8. The summed E-state index contributed by atoms with van der Waals surface area (Å²) in [7, 11) is 0. The van der Waals surface area contributed by atoms with Gasteiger partial charge in [-0.15, -0.1) is 0 Å². The first-order chi connectivity index (χ1) is 16.3. The van der Waals surface area contributed by atoms with Crippen LogP contribution in [0.5, 0.6) is 5.75 Å². The predicted molar refractivity (Wildman–Crippen MR) is 126 cm³/mol. The summed E-state index contributed by atoms with van der Waals surface area (Å²) in [4.78, 5) is 27.6. The number of nitrogens with zero attached hydrogens (tertiary/aromatic N) is 2. The van der Waals surface area contributed by atoms with Gasteiger partial charge in [-0.1, -0.05) is 19.9 Å². The molecule has 0 saturated carbocycles. The van der Waals surface area contributed by atoms with Crippen LogP contribution in [0.15, 0.2) is 41.6 Å². The SMILES string of the molecule is CC(C)C[C@](C)(N)COc1ccc(-c2ccnc(NC(=O)C3=NNC(=O)CC3)c2)cc1C(F)(F)F. The van der Waals surface area contributed by atoms with Crippen LogP contribution in [0.4, 0.5) is 19.0 Å². The molecule has 2 amide bonds. The molecule has 3 rings (SSSR count). The van der Waals surface area contributed by atoms with Crippen LogP contribution in [0.3, 0.4) is 0 Å². The number of ether oxygens (including phenoxy) is 1. The highest BCUT2D eigenvalue weighted by Gasteiger charge is 2.35. The number of benzene rings is 1. The van der Waals surface area contributed by atoms with Crippen LogP contribution in [-0.4, -0.2) is 34.7 Å². The second kappa shape index (κ2) is 10.4. The number of rotatable bonds is 8. The minimum atomic E-state index is -4.65. The van der Waals surface area contributed by atoms with E-state index in [4.69, 9.17) is 10.5 Å². The number of alkyl halides is 3. The summed E-state index contributed by atoms with van der Waals surface area (Å²) in [5.74, 6) is -0.746. The number of halogens is 3. The van der Waals surface area contributed by atoms with Crippen molar-refractivity contribution in [3.05, 3.63) is 42.1 Å². The van der Waals surface area contributed by atoms with Crippen LogP contribution in [0.25, 0.3) is 11.1 Å². The number of anilines is 1. The molecular formula is C24H28F3N5O3. The Bertz CT molecular complexity index is 1130. The topological polar surface area (TPSA) is 119 Å². The van der Waals surface area contributed by atoms with E-state index in [-0.39, 0.29) is 54.1 Å². The van der Waals surface area contributed by atoms with E-state index in [0.717, 1.165) is 6.07 Å². The summed E-state index contributed by atoms with van der Waals surface area (Å²) in [6.07, 6.45) is -2.38. The number of pyridine rings is 1. The Hall–Kier alpha value is -3.47. The summed E-state index contributed by atoms with van der Waals surface area (Å²) in [6, 6.07) is 6.75. The average Bonchev–Trinajstić information content (AvgIpc) is 2.77. The van der Waals surface area contributed by atoms with Gasteiger partial charge in [-0.3, -0.25) is 9.59 Å². The van der Waals surface area contributed by atoms with Crippen LogP contribution in [0.1, 0.15) is 45.6 Å².